The Balaban J connectivity index is 2.05. The molecule has 0 atom stereocenters. The monoisotopic (exact) mass is 292 g/mol. The van der Waals surface area contributed by atoms with Gasteiger partial charge in [0.05, 0.1) is 11.4 Å². The molecule has 0 saturated heterocycles. The van der Waals surface area contributed by atoms with Gasteiger partial charge in [-0.15, -0.1) is 0 Å². The molecule has 6 N–H and O–H groups in total. The van der Waals surface area contributed by atoms with Crippen LogP contribution >= 0.6 is 0 Å². The van der Waals surface area contributed by atoms with E-state index in [4.69, 9.17) is 11.5 Å². The highest BCUT2D eigenvalue weighted by molar-refractivity contribution is 5.77. The summed E-state index contributed by atoms with van der Waals surface area (Å²) in [5.74, 6) is 0.150. The number of hydrogen-bond acceptors (Lipinski definition) is 4. The van der Waals surface area contributed by atoms with E-state index in [1.54, 1.807) is 24.3 Å². The molecular formula is C18H16N2O2. The molecule has 0 aliphatic rings. The minimum absolute atomic E-state index is 0.0752. The normalized spacial score (nSPS) is 10.5. The van der Waals surface area contributed by atoms with Crippen LogP contribution in [0.15, 0.2) is 60.7 Å². The van der Waals surface area contributed by atoms with E-state index in [0.717, 1.165) is 22.3 Å². The molecule has 3 aromatic rings. The predicted octanol–water partition coefficient (Wildman–Crippen LogP) is 3.60. The van der Waals surface area contributed by atoms with E-state index < -0.39 is 0 Å². The molecule has 4 nitrogen and oxygen atoms in total. The fourth-order valence-corrected chi connectivity index (χ4v) is 2.35. The van der Waals surface area contributed by atoms with Gasteiger partial charge in [-0.3, -0.25) is 0 Å². The first kappa shape index (κ1) is 13.8. The van der Waals surface area contributed by atoms with Crippen LogP contribution in [0.3, 0.4) is 0 Å². The third-order valence-electron chi connectivity index (χ3n) is 3.58. The second-order valence-electron chi connectivity index (χ2n) is 5.13. The largest absolute Gasteiger partial charge is 0.506 e. The highest BCUT2D eigenvalue weighted by atomic mass is 16.3. The predicted molar refractivity (Wildman–Crippen MR) is 89.5 cm³/mol. The van der Waals surface area contributed by atoms with Crippen molar-refractivity contribution < 1.29 is 10.2 Å². The van der Waals surface area contributed by atoms with Crippen LogP contribution in [-0.4, -0.2) is 10.2 Å². The van der Waals surface area contributed by atoms with Crippen LogP contribution in [0, 0.1) is 0 Å². The molecule has 0 aromatic heterocycles. The van der Waals surface area contributed by atoms with Crippen molar-refractivity contribution in [3.8, 4) is 33.8 Å². The first-order valence-corrected chi connectivity index (χ1v) is 6.82. The Morgan fingerprint density at radius 3 is 1.36 bits per heavy atom. The summed E-state index contributed by atoms with van der Waals surface area (Å²) in [5, 5.41) is 19.0. The molecule has 0 saturated carbocycles. The SMILES string of the molecule is Nc1cc(-c2cccc(-c3ccc(O)c(N)c3)c2)ccc1O. The maximum Gasteiger partial charge on any atom is 0.138 e. The van der Waals surface area contributed by atoms with Gasteiger partial charge in [-0.05, 0) is 52.6 Å². The molecule has 0 bridgehead atoms. The van der Waals surface area contributed by atoms with Gasteiger partial charge in [0.1, 0.15) is 11.5 Å². The fourth-order valence-electron chi connectivity index (χ4n) is 2.35. The van der Waals surface area contributed by atoms with Gasteiger partial charge in [-0.1, -0.05) is 30.3 Å². The molecule has 0 radical (unpaired) electrons. The summed E-state index contributed by atoms with van der Waals surface area (Å²) < 4.78 is 0. The summed E-state index contributed by atoms with van der Waals surface area (Å²) in [6, 6.07) is 18.2. The topological polar surface area (TPSA) is 92.5 Å². The van der Waals surface area contributed by atoms with Gasteiger partial charge in [-0.25, -0.2) is 0 Å². The Hall–Kier alpha value is -3.14. The van der Waals surface area contributed by atoms with Crippen LogP contribution in [0.1, 0.15) is 0 Å². The molecule has 0 spiro atoms. The zero-order valence-corrected chi connectivity index (χ0v) is 11.8. The van der Waals surface area contributed by atoms with Crippen molar-refractivity contribution in [1.29, 1.82) is 0 Å². The average Bonchev–Trinajstić information content (AvgIpc) is 2.53. The van der Waals surface area contributed by atoms with Crippen molar-refractivity contribution in [1.82, 2.24) is 0 Å². The molecule has 0 amide bonds. The van der Waals surface area contributed by atoms with Crippen molar-refractivity contribution in [3.63, 3.8) is 0 Å². The number of benzene rings is 3. The van der Waals surface area contributed by atoms with Crippen LogP contribution in [0.25, 0.3) is 22.3 Å². The van der Waals surface area contributed by atoms with E-state index in [1.165, 1.54) is 0 Å². The summed E-state index contributed by atoms with van der Waals surface area (Å²) >= 11 is 0. The number of nitrogens with two attached hydrogens (primary N) is 2. The lowest BCUT2D eigenvalue weighted by molar-refractivity contribution is 0.477. The maximum absolute atomic E-state index is 9.52. The molecule has 0 aliphatic carbocycles. The van der Waals surface area contributed by atoms with Gasteiger partial charge < -0.3 is 21.7 Å². The number of hydrogen-bond donors (Lipinski definition) is 4. The lowest BCUT2D eigenvalue weighted by Gasteiger charge is -2.09. The quantitative estimate of drug-likeness (QED) is 0.429. The van der Waals surface area contributed by atoms with E-state index in [9.17, 15) is 10.2 Å². The molecule has 22 heavy (non-hydrogen) atoms. The number of aromatic hydroxyl groups is 2. The van der Waals surface area contributed by atoms with Crippen molar-refractivity contribution in [2.24, 2.45) is 0 Å². The first-order chi connectivity index (χ1) is 10.5. The summed E-state index contributed by atoms with van der Waals surface area (Å²) in [7, 11) is 0. The second kappa shape index (κ2) is 5.33. The fraction of sp³-hybridized carbons (Fsp3) is 0. The average molecular weight is 292 g/mol. The van der Waals surface area contributed by atoms with E-state index in [2.05, 4.69) is 0 Å². The minimum atomic E-state index is 0.0752. The third kappa shape index (κ3) is 2.54. The molecule has 0 fully saturated rings. The summed E-state index contributed by atoms with van der Waals surface area (Å²) in [4.78, 5) is 0. The van der Waals surface area contributed by atoms with Crippen LogP contribution in [-0.2, 0) is 0 Å². The van der Waals surface area contributed by atoms with E-state index in [1.807, 2.05) is 36.4 Å². The molecule has 0 aliphatic heterocycles. The van der Waals surface area contributed by atoms with E-state index in [0.29, 0.717) is 11.4 Å². The molecule has 3 aromatic carbocycles. The van der Waals surface area contributed by atoms with Crippen molar-refractivity contribution >= 4 is 11.4 Å². The smallest absolute Gasteiger partial charge is 0.138 e. The first-order valence-electron chi connectivity index (χ1n) is 6.82. The van der Waals surface area contributed by atoms with Crippen LogP contribution in [0.5, 0.6) is 11.5 Å². The van der Waals surface area contributed by atoms with Crippen molar-refractivity contribution in [3.05, 3.63) is 60.7 Å². The van der Waals surface area contributed by atoms with Crippen LogP contribution < -0.4 is 11.5 Å². The Bertz CT molecular complexity index is 777. The number of phenolic OH excluding ortho intramolecular Hbond substituents is 2. The maximum atomic E-state index is 9.52. The highest BCUT2D eigenvalue weighted by Gasteiger charge is 2.05. The van der Waals surface area contributed by atoms with Gasteiger partial charge in [0.25, 0.3) is 0 Å². The third-order valence-corrected chi connectivity index (χ3v) is 3.58. The van der Waals surface area contributed by atoms with Gasteiger partial charge in [0, 0.05) is 0 Å². The van der Waals surface area contributed by atoms with Gasteiger partial charge >= 0.3 is 0 Å². The second-order valence-corrected chi connectivity index (χ2v) is 5.13. The Morgan fingerprint density at radius 1 is 0.545 bits per heavy atom. The Kier molecular flexibility index (Phi) is 3.35. The molecular weight excluding hydrogens is 276 g/mol. The van der Waals surface area contributed by atoms with E-state index >= 15 is 0 Å². The summed E-state index contributed by atoms with van der Waals surface area (Å²) in [5.41, 5.74) is 16.0. The Morgan fingerprint density at radius 2 is 0.955 bits per heavy atom. The molecule has 4 heteroatoms. The molecule has 0 heterocycles. The van der Waals surface area contributed by atoms with Gasteiger partial charge in [0.15, 0.2) is 0 Å². The lowest BCUT2D eigenvalue weighted by atomic mass is 9.98. The molecule has 3 rings (SSSR count). The number of rotatable bonds is 2. The summed E-state index contributed by atoms with van der Waals surface area (Å²) in [6.45, 7) is 0. The molecule has 110 valence electrons. The molecule has 0 unspecified atom stereocenters. The van der Waals surface area contributed by atoms with Crippen LogP contribution in [0.2, 0.25) is 0 Å². The minimum Gasteiger partial charge on any atom is -0.506 e. The van der Waals surface area contributed by atoms with E-state index in [-0.39, 0.29) is 11.5 Å². The number of nitrogen functional groups attached to an aromatic ring is 2. The number of anilines is 2. The zero-order chi connectivity index (χ0) is 15.7. The lowest BCUT2D eigenvalue weighted by Crippen LogP contribution is -1.88. The number of phenols is 2. The Labute approximate surface area is 128 Å². The van der Waals surface area contributed by atoms with Crippen molar-refractivity contribution in [2.75, 3.05) is 11.5 Å². The highest BCUT2D eigenvalue weighted by Crippen LogP contribution is 2.32. The van der Waals surface area contributed by atoms with Crippen molar-refractivity contribution in [2.45, 2.75) is 0 Å². The summed E-state index contributed by atoms with van der Waals surface area (Å²) in [6.07, 6.45) is 0. The van der Waals surface area contributed by atoms with Crippen LogP contribution in [0.4, 0.5) is 11.4 Å². The van der Waals surface area contributed by atoms with Gasteiger partial charge in [-0.2, -0.15) is 0 Å². The zero-order valence-electron chi connectivity index (χ0n) is 11.8. The van der Waals surface area contributed by atoms with Gasteiger partial charge in [0.2, 0.25) is 0 Å². The standard InChI is InChI=1S/C18H16N2O2/c19-15-9-13(4-6-17(15)21)11-2-1-3-12(8-11)14-5-7-18(22)16(20)10-14/h1-10,21-22H,19-20H2.